The Labute approximate surface area is 127 Å². The molecule has 1 aliphatic heterocycles. The largest absolute Gasteiger partial charge is 0.359 e. The monoisotopic (exact) mass is 338 g/mol. The molecule has 0 aliphatic carbocycles. The normalized spacial score (nSPS) is 16.1. The van der Waals surface area contributed by atoms with Gasteiger partial charge in [-0.3, -0.25) is 9.59 Å². The van der Waals surface area contributed by atoms with Gasteiger partial charge in [0.15, 0.2) is 0 Å². The first-order valence-corrected chi connectivity index (χ1v) is 7.60. The van der Waals surface area contributed by atoms with Crippen molar-refractivity contribution in [1.29, 1.82) is 0 Å². The van der Waals surface area contributed by atoms with E-state index in [1.807, 2.05) is 30.0 Å². The van der Waals surface area contributed by atoms with E-state index in [9.17, 15) is 9.59 Å². The Hall–Kier alpha value is -1.36. The highest BCUT2D eigenvalue weighted by molar-refractivity contribution is 9.10. The second-order valence-corrected chi connectivity index (χ2v) is 5.95. The molecule has 20 heavy (non-hydrogen) atoms. The lowest BCUT2D eigenvalue weighted by Crippen LogP contribution is -2.42. The highest BCUT2D eigenvalue weighted by Crippen LogP contribution is 2.23. The maximum atomic E-state index is 12.5. The Bertz CT molecular complexity index is 523. The Balaban J connectivity index is 2.05. The maximum absolute atomic E-state index is 12.5. The van der Waals surface area contributed by atoms with Crippen molar-refractivity contribution in [3.05, 3.63) is 33.8 Å². The van der Waals surface area contributed by atoms with Crippen LogP contribution in [0.15, 0.2) is 22.7 Å². The Morgan fingerprint density at radius 3 is 2.55 bits per heavy atom. The van der Waals surface area contributed by atoms with Gasteiger partial charge in [-0.25, -0.2) is 0 Å². The summed E-state index contributed by atoms with van der Waals surface area (Å²) < 4.78 is 0.948. The van der Waals surface area contributed by atoms with E-state index in [4.69, 9.17) is 0 Å². The quantitative estimate of drug-likeness (QED) is 0.899. The number of carbonyl (C=O) groups excluding carboxylic acids is 2. The molecular weight excluding hydrogens is 320 g/mol. The average Bonchev–Trinajstić information content (AvgIpc) is 2.48. The zero-order valence-electron chi connectivity index (χ0n) is 11.8. The molecule has 1 fully saturated rings. The van der Waals surface area contributed by atoms with E-state index in [0.29, 0.717) is 13.1 Å². The number of piperidine rings is 1. The maximum Gasteiger partial charge on any atom is 0.254 e. The Morgan fingerprint density at radius 1 is 1.30 bits per heavy atom. The van der Waals surface area contributed by atoms with Crippen molar-refractivity contribution in [3.63, 3.8) is 0 Å². The molecule has 5 heteroatoms. The zero-order valence-corrected chi connectivity index (χ0v) is 13.4. The molecule has 108 valence electrons. The van der Waals surface area contributed by atoms with Crippen molar-refractivity contribution in [2.45, 2.75) is 19.8 Å². The minimum atomic E-state index is 0.0349. The number of benzene rings is 1. The third-order valence-corrected chi connectivity index (χ3v) is 4.76. The van der Waals surface area contributed by atoms with Gasteiger partial charge in [0.25, 0.3) is 5.91 Å². The Kier molecular flexibility index (Phi) is 4.81. The molecule has 0 aromatic heterocycles. The van der Waals surface area contributed by atoms with Gasteiger partial charge in [0.2, 0.25) is 5.91 Å². The fraction of sp³-hybridized carbons (Fsp3) is 0.467. The fourth-order valence-electron chi connectivity index (χ4n) is 2.56. The summed E-state index contributed by atoms with van der Waals surface area (Å²) in [7, 11) is 1.66. The number of nitrogens with zero attached hydrogens (tertiary/aromatic N) is 1. The minimum Gasteiger partial charge on any atom is -0.359 e. The van der Waals surface area contributed by atoms with Crippen LogP contribution in [0.3, 0.4) is 0 Å². The molecule has 0 bridgehead atoms. The molecule has 2 rings (SSSR count). The molecule has 1 saturated heterocycles. The van der Waals surface area contributed by atoms with E-state index in [0.717, 1.165) is 28.4 Å². The van der Waals surface area contributed by atoms with Crippen LogP contribution in [0.1, 0.15) is 28.8 Å². The number of nitrogens with one attached hydrogen (secondary N) is 1. The second kappa shape index (κ2) is 6.39. The summed E-state index contributed by atoms with van der Waals surface area (Å²) in [6.45, 7) is 3.22. The molecule has 2 amide bonds. The molecule has 1 aromatic carbocycles. The number of rotatable bonds is 2. The summed E-state index contributed by atoms with van der Waals surface area (Å²) in [5, 5.41) is 2.68. The van der Waals surface area contributed by atoms with Gasteiger partial charge in [-0.15, -0.1) is 0 Å². The molecule has 0 saturated carbocycles. The second-order valence-electron chi connectivity index (χ2n) is 5.09. The highest BCUT2D eigenvalue weighted by atomic mass is 79.9. The number of halogens is 1. The van der Waals surface area contributed by atoms with Crippen LogP contribution in [0, 0.1) is 12.8 Å². The number of carbonyl (C=O) groups is 2. The van der Waals surface area contributed by atoms with E-state index in [2.05, 4.69) is 21.2 Å². The predicted octanol–water partition coefficient (Wildman–Crippen LogP) is 2.36. The van der Waals surface area contributed by atoms with Crippen LogP contribution in [0.25, 0.3) is 0 Å². The molecular formula is C15H19BrN2O2. The van der Waals surface area contributed by atoms with Crippen LogP contribution in [-0.4, -0.2) is 36.9 Å². The molecule has 1 heterocycles. The lowest BCUT2D eigenvalue weighted by Gasteiger charge is -2.31. The van der Waals surface area contributed by atoms with Crippen LogP contribution in [0.5, 0.6) is 0 Å². The van der Waals surface area contributed by atoms with Crippen molar-refractivity contribution in [3.8, 4) is 0 Å². The van der Waals surface area contributed by atoms with Gasteiger partial charge in [0.1, 0.15) is 0 Å². The molecule has 1 N–H and O–H groups in total. The summed E-state index contributed by atoms with van der Waals surface area (Å²) in [6.07, 6.45) is 1.47. The number of hydrogen-bond acceptors (Lipinski definition) is 2. The lowest BCUT2D eigenvalue weighted by molar-refractivity contribution is -0.125. The minimum absolute atomic E-state index is 0.0349. The van der Waals surface area contributed by atoms with Crippen molar-refractivity contribution in [2.24, 2.45) is 5.92 Å². The van der Waals surface area contributed by atoms with Crippen molar-refractivity contribution in [1.82, 2.24) is 10.2 Å². The fourth-order valence-corrected chi connectivity index (χ4v) is 2.92. The van der Waals surface area contributed by atoms with Crippen LogP contribution in [0.2, 0.25) is 0 Å². The third-order valence-electron chi connectivity index (χ3n) is 3.90. The third kappa shape index (κ3) is 3.03. The summed E-state index contributed by atoms with van der Waals surface area (Å²) in [5.74, 6) is 0.169. The van der Waals surface area contributed by atoms with Crippen LogP contribution in [-0.2, 0) is 4.79 Å². The SMILES string of the molecule is CNC(=O)C1CCN(C(=O)c2cccc(Br)c2C)CC1. The van der Waals surface area contributed by atoms with Crippen LogP contribution in [0.4, 0.5) is 0 Å². The first-order chi connectivity index (χ1) is 9.54. The number of amides is 2. The predicted molar refractivity (Wildman–Crippen MR) is 81.6 cm³/mol. The van der Waals surface area contributed by atoms with Crippen molar-refractivity contribution >= 4 is 27.7 Å². The van der Waals surface area contributed by atoms with E-state index in [1.165, 1.54) is 0 Å². The summed E-state index contributed by atoms with van der Waals surface area (Å²) >= 11 is 3.45. The van der Waals surface area contributed by atoms with Crippen molar-refractivity contribution in [2.75, 3.05) is 20.1 Å². The molecule has 4 nitrogen and oxygen atoms in total. The first kappa shape index (κ1) is 15.0. The summed E-state index contributed by atoms with van der Waals surface area (Å²) in [5.41, 5.74) is 1.70. The zero-order chi connectivity index (χ0) is 14.7. The highest BCUT2D eigenvalue weighted by Gasteiger charge is 2.27. The number of hydrogen-bond donors (Lipinski definition) is 1. The summed E-state index contributed by atoms with van der Waals surface area (Å²) in [4.78, 5) is 26.0. The van der Waals surface area contributed by atoms with Crippen LogP contribution >= 0.6 is 15.9 Å². The molecule has 1 aromatic rings. The molecule has 0 spiro atoms. The molecule has 0 atom stereocenters. The smallest absolute Gasteiger partial charge is 0.254 e. The van der Waals surface area contributed by atoms with Gasteiger partial charge in [0, 0.05) is 36.1 Å². The molecule has 0 radical (unpaired) electrons. The van der Waals surface area contributed by atoms with E-state index >= 15 is 0 Å². The van der Waals surface area contributed by atoms with Gasteiger partial charge in [0.05, 0.1) is 0 Å². The lowest BCUT2D eigenvalue weighted by atomic mass is 9.95. The van der Waals surface area contributed by atoms with Gasteiger partial charge < -0.3 is 10.2 Å². The van der Waals surface area contributed by atoms with Crippen molar-refractivity contribution < 1.29 is 9.59 Å². The standard InChI is InChI=1S/C15H19BrN2O2/c1-10-12(4-3-5-13(10)16)15(20)18-8-6-11(7-9-18)14(19)17-2/h3-5,11H,6-9H2,1-2H3,(H,17,19). The van der Waals surface area contributed by atoms with Gasteiger partial charge in [-0.1, -0.05) is 22.0 Å². The number of likely N-dealkylation sites (tertiary alicyclic amines) is 1. The molecule has 0 unspecified atom stereocenters. The molecule has 1 aliphatic rings. The summed E-state index contributed by atoms with van der Waals surface area (Å²) in [6, 6.07) is 5.67. The average molecular weight is 339 g/mol. The van der Waals surface area contributed by atoms with Crippen LogP contribution < -0.4 is 5.32 Å². The van der Waals surface area contributed by atoms with Gasteiger partial charge in [-0.05, 0) is 37.5 Å². The first-order valence-electron chi connectivity index (χ1n) is 6.80. The van der Waals surface area contributed by atoms with E-state index in [-0.39, 0.29) is 17.7 Å². The van der Waals surface area contributed by atoms with Gasteiger partial charge in [-0.2, -0.15) is 0 Å². The Morgan fingerprint density at radius 2 is 1.95 bits per heavy atom. The van der Waals surface area contributed by atoms with E-state index in [1.54, 1.807) is 7.05 Å². The van der Waals surface area contributed by atoms with Gasteiger partial charge >= 0.3 is 0 Å². The van der Waals surface area contributed by atoms with E-state index < -0.39 is 0 Å². The topological polar surface area (TPSA) is 49.4 Å².